The lowest BCUT2D eigenvalue weighted by atomic mass is 10.4. The standard InChI is InChI=1S/C5H8O5S/c6-5(7)3-1-2-4-11(8,9)10/h1-2H,3-4H2,(H,6,7)(H,8,9,10). The van der Waals surface area contributed by atoms with Gasteiger partial charge in [-0.2, -0.15) is 8.42 Å². The third kappa shape index (κ3) is 9.12. The second-order valence-corrected chi connectivity index (χ2v) is 3.32. The molecule has 0 rings (SSSR count). The van der Waals surface area contributed by atoms with Crippen molar-refractivity contribution in [2.24, 2.45) is 0 Å². The van der Waals surface area contributed by atoms with Gasteiger partial charge in [0, 0.05) is 0 Å². The zero-order chi connectivity index (χ0) is 8.91. The summed E-state index contributed by atoms with van der Waals surface area (Å²) in [5.41, 5.74) is 0. The average Bonchev–Trinajstić information content (AvgIpc) is 1.78. The molecule has 0 radical (unpaired) electrons. The van der Waals surface area contributed by atoms with Crippen molar-refractivity contribution in [1.82, 2.24) is 0 Å². The van der Waals surface area contributed by atoms with Gasteiger partial charge >= 0.3 is 5.97 Å². The van der Waals surface area contributed by atoms with Gasteiger partial charge in [-0.05, 0) is 0 Å². The van der Waals surface area contributed by atoms with E-state index in [1.54, 1.807) is 0 Å². The maximum atomic E-state index is 10.0. The van der Waals surface area contributed by atoms with Crippen LogP contribution < -0.4 is 0 Å². The zero-order valence-electron chi connectivity index (χ0n) is 5.60. The molecule has 2 N–H and O–H groups in total. The molecule has 0 aliphatic heterocycles. The third-order valence-electron chi connectivity index (χ3n) is 0.766. The molecule has 5 nitrogen and oxygen atoms in total. The smallest absolute Gasteiger partial charge is 0.307 e. The molecule has 0 aromatic heterocycles. The summed E-state index contributed by atoms with van der Waals surface area (Å²) in [7, 11) is -4.00. The van der Waals surface area contributed by atoms with E-state index in [0.29, 0.717) is 0 Å². The van der Waals surface area contributed by atoms with E-state index in [1.807, 2.05) is 0 Å². The summed E-state index contributed by atoms with van der Waals surface area (Å²) >= 11 is 0. The maximum Gasteiger partial charge on any atom is 0.307 e. The molecule has 0 spiro atoms. The molecule has 0 aromatic carbocycles. The van der Waals surface area contributed by atoms with Gasteiger partial charge in [-0.1, -0.05) is 12.2 Å². The van der Waals surface area contributed by atoms with Crippen LogP contribution in [0.4, 0.5) is 0 Å². The predicted molar refractivity (Wildman–Crippen MR) is 37.8 cm³/mol. The summed E-state index contributed by atoms with van der Waals surface area (Å²) in [6.45, 7) is 0. The van der Waals surface area contributed by atoms with Crippen molar-refractivity contribution in [2.45, 2.75) is 6.42 Å². The zero-order valence-corrected chi connectivity index (χ0v) is 6.41. The molecule has 0 aliphatic carbocycles. The normalized spacial score (nSPS) is 12.1. The van der Waals surface area contributed by atoms with Crippen molar-refractivity contribution in [1.29, 1.82) is 0 Å². The first-order valence-corrected chi connectivity index (χ1v) is 4.34. The number of hydrogen-bond donors (Lipinski definition) is 2. The molecule has 0 amide bonds. The van der Waals surface area contributed by atoms with Crippen molar-refractivity contribution in [2.75, 3.05) is 5.75 Å². The van der Waals surface area contributed by atoms with E-state index in [2.05, 4.69) is 0 Å². The van der Waals surface area contributed by atoms with Crippen LogP contribution >= 0.6 is 0 Å². The van der Waals surface area contributed by atoms with Crippen molar-refractivity contribution < 1.29 is 22.9 Å². The Hall–Kier alpha value is -0.880. The second-order valence-electron chi connectivity index (χ2n) is 1.82. The Balaban J connectivity index is 3.71. The molecule has 0 saturated carbocycles. The number of carboxylic acids is 1. The minimum Gasteiger partial charge on any atom is -0.481 e. The van der Waals surface area contributed by atoms with Gasteiger partial charge in [-0.15, -0.1) is 0 Å². The monoisotopic (exact) mass is 180 g/mol. The predicted octanol–water partition coefficient (Wildman–Crippen LogP) is -0.0949. The molecule has 11 heavy (non-hydrogen) atoms. The highest BCUT2D eigenvalue weighted by atomic mass is 32.2. The Morgan fingerprint density at radius 3 is 2.27 bits per heavy atom. The molecule has 0 fully saturated rings. The van der Waals surface area contributed by atoms with Crippen LogP contribution in [0.1, 0.15) is 6.42 Å². The molecule has 0 aliphatic rings. The number of carboxylic acid groups (broad SMARTS) is 1. The molecule has 0 unspecified atom stereocenters. The van der Waals surface area contributed by atoms with Crippen LogP contribution in [0.3, 0.4) is 0 Å². The number of hydrogen-bond acceptors (Lipinski definition) is 3. The fourth-order valence-electron chi connectivity index (χ4n) is 0.374. The lowest BCUT2D eigenvalue weighted by Crippen LogP contribution is -2.00. The van der Waals surface area contributed by atoms with Gasteiger partial charge in [-0.25, -0.2) is 0 Å². The Morgan fingerprint density at radius 2 is 1.91 bits per heavy atom. The summed E-state index contributed by atoms with van der Waals surface area (Å²) in [4.78, 5) is 9.86. The summed E-state index contributed by atoms with van der Waals surface area (Å²) in [5, 5.41) is 8.08. The van der Waals surface area contributed by atoms with Crippen molar-refractivity contribution >= 4 is 16.1 Å². The van der Waals surface area contributed by atoms with Gasteiger partial charge in [-0.3, -0.25) is 9.35 Å². The summed E-state index contributed by atoms with van der Waals surface area (Å²) in [6, 6.07) is 0. The number of rotatable bonds is 4. The highest BCUT2D eigenvalue weighted by molar-refractivity contribution is 7.85. The molecule has 64 valence electrons. The van der Waals surface area contributed by atoms with Crippen molar-refractivity contribution in [3.8, 4) is 0 Å². The Labute approximate surface area is 64.1 Å². The Kier molecular flexibility index (Phi) is 3.77. The van der Waals surface area contributed by atoms with Crippen LogP contribution in [0.15, 0.2) is 12.2 Å². The SMILES string of the molecule is O=C(O)CC=CCS(=O)(=O)O. The van der Waals surface area contributed by atoms with Gasteiger partial charge in [0.25, 0.3) is 10.1 Å². The number of carbonyl (C=O) groups is 1. The van der Waals surface area contributed by atoms with Crippen LogP contribution in [-0.4, -0.2) is 29.8 Å². The fourth-order valence-corrected chi connectivity index (χ4v) is 0.753. The Morgan fingerprint density at radius 1 is 1.36 bits per heavy atom. The first kappa shape index (κ1) is 10.1. The van der Waals surface area contributed by atoms with Crippen LogP contribution in [-0.2, 0) is 14.9 Å². The topological polar surface area (TPSA) is 91.7 Å². The molecular formula is C5H8O5S. The average molecular weight is 180 g/mol. The van der Waals surface area contributed by atoms with Gasteiger partial charge < -0.3 is 5.11 Å². The largest absolute Gasteiger partial charge is 0.481 e. The molecule has 0 bridgehead atoms. The lowest BCUT2D eigenvalue weighted by molar-refractivity contribution is -0.136. The first-order chi connectivity index (χ1) is 4.92. The summed E-state index contributed by atoms with van der Waals surface area (Å²) < 4.78 is 28.2. The minimum absolute atomic E-state index is 0.241. The highest BCUT2D eigenvalue weighted by Gasteiger charge is 1.98. The van der Waals surface area contributed by atoms with Gasteiger partial charge in [0.2, 0.25) is 0 Å². The van der Waals surface area contributed by atoms with Crippen LogP contribution in [0.2, 0.25) is 0 Å². The van der Waals surface area contributed by atoms with Gasteiger partial charge in [0.05, 0.1) is 12.2 Å². The van der Waals surface area contributed by atoms with E-state index in [1.165, 1.54) is 0 Å². The van der Waals surface area contributed by atoms with E-state index in [-0.39, 0.29) is 6.42 Å². The first-order valence-electron chi connectivity index (χ1n) is 2.74. The van der Waals surface area contributed by atoms with E-state index in [9.17, 15) is 13.2 Å². The van der Waals surface area contributed by atoms with Crippen LogP contribution in [0, 0.1) is 0 Å². The van der Waals surface area contributed by atoms with Crippen molar-refractivity contribution in [3.63, 3.8) is 0 Å². The lowest BCUT2D eigenvalue weighted by Gasteiger charge is -1.86. The van der Waals surface area contributed by atoms with E-state index in [4.69, 9.17) is 9.66 Å². The van der Waals surface area contributed by atoms with E-state index in [0.717, 1.165) is 12.2 Å². The molecule has 6 heteroatoms. The maximum absolute atomic E-state index is 10.0. The molecule has 0 heterocycles. The van der Waals surface area contributed by atoms with E-state index >= 15 is 0 Å². The highest BCUT2D eigenvalue weighted by Crippen LogP contribution is 1.86. The van der Waals surface area contributed by atoms with Gasteiger partial charge in [0.15, 0.2) is 0 Å². The second kappa shape index (κ2) is 4.09. The summed E-state index contributed by atoms with van der Waals surface area (Å²) in [5.74, 6) is -1.59. The van der Waals surface area contributed by atoms with Crippen LogP contribution in [0.5, 0.6) is 0 Å². The minimum atomic E-state index is -4.00. The quantitative estimate of drug-likeness (QED) is 0.465. The summed E-state index contributed by atoms with van der Waals surface area (Å²) in [6.07, 6.45) is 2.01. The van der Waals surface area contributed by atoms with Crippen molar-refractivity contribution in [3.05, 3.63) is 12.2 Å². The van der Waals surface area contributed by atoms with Crippen LogP contribution in [0.25, 0.3) is 0 Å². The molecule has 0 atom stereocenters. The number of aliphatic carboxylic acids is 1. The van der Waals surface area contributed by atoms with E-state index < -0.39 is 21.8 Å². The van der Waals surface area contributed by atoms with Gasteiger partial charge in [0.1, 0.15) is 0 Å². The molecule has 0 saturated heterocycles. The third-order valence-corrected chi connectivity index (χ3v) is 1.38. The molecular weight excluding hydrogens is 172 g/mol. The Bertz CT molecular complexity index is 250. The fraction of sp³-hybridized carbons (Fsp3) is 0.400. The molecule has 0 aromatic rings.